The fourth-order valence-electron chi connectivity index (χ4n) is 1.46. The van der Waals surface area contributed by atoms with Crippen molar-refractivity contribution in [2.24, 2.45) is 0 Å². The highest BCUT2D eigenvalue weighted by atomic mass is 16.5. The second-order valence-electron chi connectivity index (χ2n) is 4.75. The Labute approximate surface area is 105 Å². The second kappa shape index (κ2) is 7.13. The topological polar surface area (TPSA) is 21.3 Å². The van der Waals surface area contributed by atoms with Gasteiger partial charge >= 0.3 is 0 Å². The minimum absolute atomic E-state index is 0.549. The Morgan fingerprint density at radius 3 is 2.47 bits per heavy atom. The van der Waals surface area contributed by atoms with Gasteiger partial charge in [-0.05, 0) is 43.2 Å². The SMILES string of the molecule is C=C(C)COc1ccc(CCNC(C)C)cc1. The highest BCUT2D eigenvalue weighted by Crippen LogP contribution is 2.13. The summed E-state index contributed by atoms with van der Waals surface area (Å²) in [5, 5.41) is 3.41. The molecule has 0 aliphatic heterocycles. The largest absolute Gasteiger partial charge is 0.489 e. The van der Waals surface area contributed by atoms with Gasteiger partial charge < -0.3 is 10.1 Å². The number of hydrogen-bond acceptors (Lipinski definition) is 2. The van der Waals surface area contributed by atoms with Gasteiger partial charge in [-0.3, -0.25) is 0 Å². The zero-order chi connectivity index (χ0) is 12.7. The minimum atomic E-state index is 0.549. The van der Waals surface area contributed by atoms with E-state index in [1.807, 2.05) is 19.1 Å². The Morgan fingerprint density at radius 1 is 1.29 bits per heavy atom. The van der Waals surface area contributed by atoms with Gasteiger partial charge in [-0.15, -0.1) is 0 Å². The summed E-state index contributed by atoms with van der Waals surface area (Å²) in [5.74, 6) is 0.911. The molecule has 0 bridgehead atoms. The molecule has 17 heavy (non-hydrogen) atoms. The average Bonchev–Trinajstić information content (AvgIpc) is 2.27. The summed E-state index contributed by atoms with van der Waals surface area (Å²) in [6, 6.07) is 8.83. The molecule has 1 rings (SSSR count). The molecule has 0 radical (unpaired) electrons. The fraction of sp³-hybridized carbons (Fsp3) is 0.467. The predicted octanol–water partition coefficient (Wildman–Crippen LogP) is 3.18. The van der Waals surface area contributed by atoms with E-state index in [-0.39, 0.29) is 0 Å². The Kier molecular flexibility index (Phi) is 5.78. The predicted molar refractivity (Wildman–Crippen MR) is 73.6 cm³/mol. The van der Waals surface area contributed by atoms with Gasteiger partial charge in [0.15, 0.2) is 0 Å². The molecule has 0 fully saturated rings. The maximum absolute atomic E-state index is 5.55. The Hall–Kier alpha value is -1.28. The van der Waals surface area contributed by atoms with Gasteiger partial charge in [0, 0.05) is 6.04 Å². The van der Waals surface area contributed by atoms with E-state index in [0.29, 0.717) is 12.6 Å². The molecular weight excluding hydrogens is 210 g/mol. The third kappa shape index (κ3) is 6.12. The van der Waals surface area contributed by atoms with E-state index < -0.39 is 0 Å². The van der Waals surface area contributed by atoms with Crippen LogP contribution >= 0.6 is 0 Å². The molecule has 2 nitrogen and oxygen atoms in total. The van der Waals surface area contributed by atoms with Crippen LogP contribution in [0.4, 0.5) is 0 Å². The van der Waals surface area contributed by atoms with Crippen molar-refractivity contribution in [2.45, 2.75) is 33.2 Å². The minimum Gasteiger partial charge on any atom is -0.489 e. The van der Waals surface area contributed by atoms with Crippen LogP contribution in [0.3, 0.4) is 0 Å². The van der Waals surface area contributed by atoms with E-state index in [1.54, 1.807) is 0 Å². The molecule has 1 N–H and O–H groups in total. The number of hydrogen-bond donors (Lipinski definition) is 1. The van der Waals surface area contributed by atoms with Crippen molar-refractivity contribution < 1.29 is 4.74 Å². The molecule has 0 spiro atoms. The van der Waals surface area contributed by atoms with Gasteiger partial charge in [-0.25, -0.2) is 0 Å². The van der Waals surface area contributed by atoms with Crippen LogP contribution in [0.2, 0.25) is 0 Å². The van der Waals surface area contributed by atoms with Gasteiger partial charge in [0.25, 0.3) is 0 Å². The molecule has 2 heteroatoms. The molecule has 0 aliphatic carbocycles. The van der Waals surface area contributed by atoms with Crippen LogP contribution in [0.15, 0.2) is 36.4 Å². The summed E-state index contributed by atoms with van der Waals surface area (Å²) < 4.78 is 5.55. The van der Waals surface area contributed by atoms with Crippen molar-refractivity contribution >= 4 is 0 Å². The lowest BCUT2D eigenvalue weighted by atomic mass is 10.1. The number of nitrogens with one attached hydrogen (secondary N) is 1. The Balaban J connectivity index is 2.36. The lowest BCUT2D eigenvalue weighted by molar-refractivity contribution is 0.352. The highest BCUT2D eigenvalue weighted by Gasteiger charge is 1.97. The first-order valence-corrected chi connectivity index (χ1v) is 6.17. The van der Waals surface area contributed by atoms with Gasteiger partial charge in [-0.2, -0.15) is 0 Å². The molecule has 0 aliphatic rings. The third-order valence-electron chi connectivity index (χ3n) is 2.37. The third-order valence-corrected chi connectivity index (χ3v) is 2.37. The van der Waals surface area contributed by atoms with E-state index in [1.165, 1.54) is 5.56 Å². The van der Waals surface area contributed by atoms with Crippen molar-refractivity contribution in [1.29, 1.82) is 0 Å². The monoisotopic (exact) mass is 233 g/mol. The van der Waals surface area contributed by atoms with Crippen LogP contribution in [0, 0.1) is 0 Å². The van der Waals surface area contributed by atoms with Crippen LogP contribution in [0.1, 0.15) is 26.3 Å². The first-order valence-electron chi connectivity index (χ1n) is 6.17. The normalized spacial score (nSPS) is 10.6. The Morgan fingerprint density at radius 2 is 1.94 bits per heavy atom. The molecule has 0 atom stereocenters. The smallest absolute Gasteiger partial charge is 0.119 e. The van der Waals surface area contributed by atoms with Gasteiger partial charge in [-0.1, -0.05) is 32.6 Å². The van der Waals surface area contributed by atoms with Crippen molar-refractivity contribution in [3.8, 4) is 5.75 Å². The zero-order valence-electron chi connectivity index (χ0n) is 11.1. The highest BCUT2D eigenvalue weighted by molar-refractivity contribution is 5.27. The van der Waals surface area contributed by atoms with Crippen LogP contribution < -0.4 is 10.1 Å². The Bertz CT molecular complexity index is 340. The molecule has 0 saturated carbocycles. The molecule has 1 aromatic rings. The molecule has 0 unspecified atom stereocenters. The van der Waals surface area contributed by atoms with Gasteiger partial charge in [0.2, 0.25) is 0 Å². The summed E-state index contributed by atoms with van der Waals surface area (Å²) in [7, 11) is 0. The lowest BCUT2D eigenvalue weighted by Gasteiger charge is -2.09. The molecule has 0 saturated heterocycles. The lowest BCUT2D eigenvalue weighted by Crippen LogP contribution is -2.24. The standard InChI is InChI=1S/C15H23NO/c1-12(2)11-17-15-7-5-14(6-8-15)9-10-16-13(3)4/h5-8,13,16H,1,9-11H2,2-4H3. The van der Waals surface area contributed by atoms with E-state index in [4.69, 9.17) is 4.74 Å². The number of ether oxygens (including phenoxy) is 1. The van der Waals surface area contributed by atoms with E-state index in [9.17, 15) is 0 Å². The van der Waals surface area contributed by atoms with Crippen LogP contribution in [0.25, 0.3) is 0 Å². The van der Waals surface area contributed by atoms with E-state index in [0.717, 1.165) is 24.3 Å². The van der Waals surface area contributed by atoms with Crippen molar-refractivity contribution in [3.63, 3.8) is 0 Å². The maximum Gasteiger partial charge on any atom is 0.119 e. The van der Waals surface area contributed by atoms with Gasteiger partial charge in [0.05, 0.1) is 0 Å². The molecule has 0 heterocycles. The van der Waals surface area contributed by atoms with Crippen LogP contribution in [0.5, 0.6) is 5.75 Å². The summed E-state index contributed by atoms with van der Waals surface area (Å²) in [6.45, 7) is 11.7. The fourth-order valence-corrected chi connectivity index (χ4v) is 1.46. The van der Waals surface area contributed by atoms with Crippen molar-refractivity contribution in [1.82, 2.24) is 5.32 Å². The average molecular weight is 233 g/mol. The quantitative estimate of drug-likeness (QED) is 0.730. The first-order chi connectivity index (χ1) is 8.08. The summed E-state index contributed by atoms with van der Waals surface area (Å²) in [6.07, 6.45) is 1.05. The molecular formula is C15H23NO. The molecule has 0 aromatic heterocycles. The van der Waals surface area contributed by atoms with Crippen molar-refractivity contribution in [3.05, 3.63) is 42.0 Å². The van der Waals surface area contributed by atoms with Crippen LogP contribution in [-0.2, 0) is 6.42 Å². The van der Waals surface area contributed by atoms with E-state index >= 15 is 0 Å². The number of benzene rings is 1. The second-order valence-corrected chi connectivity index (χ2v) is 4.75. The van der Waals surface area contributed by atoms with E-state index in [2.05, 4.69) is 37.9 Å². The summed E-state index contributed by atoms with van der Waals surface area (Å²) in [4.78, 5) is 0. The van der Waals surface area contributed by atoms with Crippen molar-refractivity contribution in [2.75, 3.05) is 13.2 Å². The maximum atomic E-state index is 5.55. The van der Waals surface area contributed by atoms with Gasteiger partial charge in [0.1, 0.15) is 12.4 Å². The number of rotatable bonds is 7. The molecule has 94 valence electrons. The zero-order valence-corrected chi connectivity index (χ0v) is 11.1. The molecule has 1 aromatic carbocycles. The summed E-state index contributed by atoms with van der Waals surface area (Å²) in [5.41, 5.74) is 2.37. The summed E-state index contributed by atoms with van der Waals surface area (Å²) >= 11 is 0. The molecule has 0 amide bonds. The van der Waals surface area contributed by atoms with Crippen LogP contribution in [-0.4, -0.2) is 19.2 Å². The first kappa shape index (κ1) is 13.8.